The molecule has 0 atom stereocenters. The second kappa shape index (κ2) is 5.90. The van der Waals surface area contributed by atoms with Crippen molar-refractivity contribution in [1.29, 1.82) is 0 Å². The molecule has 2 fully saturated rings. The number of amides is 1. The molecule has 4 heteroatoms. The van der Waals surface area contributed by atoms with Crippen molar-refractivity contribution in [3.8, 4) is 0 Å². The Bertz CT molecular complexity index is 452. The van der Waals surface area contributed by atoms with Crippen molar-refractivity contribution < 1.29 is 4.79 Å². The summed E-state index contributed by atoms with van der Waals surface area (Å²) in [5.74, 6) is 0.0569. The maximum absolute atomic E-state index is 12.5. The Morgan fingerprint density at radius 2 is 1.80 bits per heavy atom. The van der Waals surface area contributed by atoms with Gasteiger partial charge in [0.2, 0.25) is 0 Å². The van der Waals surface area contributed by atoms with E-state index in [-0.39, 0.29) is 5.91 Å². The van der Waals surface area contributed by atoms with Gasteiger partial charge in [0.25, 0.3) is 5.91 Å². The van der Waals surface area contributed by atoms with Crippen molar-refractivity contribution in [2.45, 2.75) is 51.4 Å². The van der Waals surface area contributed by atoms with Crippen LogP contribution in [0.2, 0.25) is 0 Å². The van der Waals surface area contributed by atoms with Crippen molar-refractivity contribution >= 4 is 5.91 Å². The van der Waals surface area contributed by atoms with E-state index >= 15 is 0 Å². The van der Waals surface area contributed by atoms with Gasteiger partial charge in [0, 0.05) is 25.5 Å². The molecule has 1 amide bonds. The summed E-state index contributed by atoms with van der Waals surface area (Å²) in [5.41, 5.74) is 0.866. The first-order valence-electron chi connectivity index (χ1n) is 7.84. The van der Waals surface area contributed by atoms with E-state index in [2.05, 4.69) is 9.97 Å². The molecule has 1 aromatic rings. The Labute approximate surface area is 120 Å². The Morgan fingerprint density at radius 1 is 1.05 bits per heavy atom. The average Bonchev–Trinajstić information content (AvgIpc) is 2.73. The van der Waals surface area contributed by atoms with Gasteiger partial charge in [0.15, 0.2) is 0 Å². The Kier molecular flexibility index (Phi) is 3.99. The summed E-state index contributed by atoms with van der Waals surface area (Å²) in [6, 6.07) is 0. The van der Waals surface area contributed by atoms with Gasteiger partial charge in [-0.05, 0) is 31.1 Å². The second-order valence-electron chi connectivity index (χ2n) is 6.34. The predicted octanol–water partition coefficient (Wildman–Crippen LogP) is 3.05. The topological polar surface area (TPSA) is 46.1 Å². The van der Waals surface area contributed by atoms with Gasteiger partial charge in [-0.25, -0.2) is 4.98 Å². The molecular formula is C16H23N3O. The number of likely N-dealkylation sites (tertiary alicyclic amines) is 1. The van der Waals surface area contributed by atoms with Gasteiger partial charge in [0.05, 0.1) is 6.20 Å². The zero-order chi connectivity index (χ0) is 13.8. The lowest BCUT2D eigenvalue weighted by molar-refractivity contribution is 0.0459. The molecule has 2 aliphatic rings. The molecule has 1 aromatic heterocycles. The molecule has 0 N–H and O–H groups in total. The SMILES string of the molecule is O=C(c1cnccn1)N1CCCC2(CCCCCC2)C1. The zero-order valence-electron chi connectivity index (χ0n) is 12.1. The van der Waals surface area contributed by atoms with Crippen LogP contribution in [-0.4, -0.2) is 33.9 Å². The van der Waals surface area contributed by atoms with Crippen LogP contribution in [0, 0.1) is 5.41 Å². The van der Waals surface area contributed by atoms with Gasteiger partial charge in [-0.1, -0.05) is 25.7 Å². The van der Waals surface area contributed by atoms with E-state index in [1.165, 1.54) is 44.9 Å². The summed E-state index contributed by atoms with van der Waals surface area (Å²) in [7, 11) is 0. The molecule has 0 bridgehead atoms. The summed E-state index contributed by atoms with van der Waals surface area (Å²) in [6.45, 7) is 1.79. The fraction of sp³-hybridized carbons (Fsp3) is 0.688. The van der Waals surface area contributed by atoms with Crippen LogP contribution in [0.15, 0.2) is 18.6 Å². The molecule has 1 saturated carbocycles. The molecule has 4 nitrogen and oxygen atoms in total. The molecule has 108 valence electrons. The molecule has 0 radical (unpaired) electrons. The van der Waals surface area contributed by atoms with Crippen molar-refractivity contribution in [3.63, 3.8) is 0 Å². The van der Waals surface area contributed by atoms with E-state index in [1.807, 2.05) is 4.90 Å². The van der Waals surface area contributed by atoms with Gasteiger partial charge in [-0.3, -0.25) is 9.78 Å². The predicted molar refractivity (Wildman–Crippen MR) is 77.3 cm³/mol. The summed E-state index contributed by atoms with van der Waals surface area (Å²) in [6.07, 6.45) is 15.2. The van der Waals surface area contributed by atoms with E-state index < -0.39 is 0 Å². The Morgan fingerprint density at radius 3 is 2.50 bits per heavy atom. The average molecular weight is 273 g/mol. The van der Waals surface area contributed by atoms with Crippen LogP contribution in [0.3, 0.4) is 0 Å². The molecule has 2 heterocycles. The van der Waals surface area contributed by atoms with Gasteiger partial charge < -0.3 is 4.90 Å². The number of carbonyl (C=O) groups is 1. The quantitative estimate of drug-likeness (QED) is 0.790. The Balaban J connectivity index is 1.73. The first kappa shape index (κ1) is 13.5. The van der Waals surface area contributed by atoms with Crippen LogP contribution in [-0.2, 0) is 0 Å². The van der Waals surface area contributed by atoms with Crippen LogP contribution in [0.4, 0.5) is 0 Å². The maximum atomic E-state index is 12.5. The van der Waals surface area contributed by atoms with Gasteiger partial charge in [-0.2, -0.15) is 0 Å². The van der Waals surface area contributed by atoms with Gasteiger partial charge in [0.1, 0.15) is 5.69 Å². The van der Waals surface area contributed by atoms with E-state index in [1.54, 1.807) is 18.6 Å². The maximum Gasteiger partial charge on any atom is 0.274 e. The minimum atomic E-state index is 0.0569. The summed E-state index contributed by atoms with van der Waals surface area (Å²) in [5, 5.41) is 0. The van der Waals surface area contributed by atoms with Crippen LogP contribution >= 0.6 is 0 Å². The van der Waals surface area contributed by atoms with Crippen molar-refractivity contribution in [2.75, 3.05) is 13.1 Å². The van der Waals surface area contributed by atoms with E-state index in [9.17, 15) is 4.79 Å². The van der Waals surface area contributed by atoms with Crippen molar-refractivity contribution in [3.05, 3.63) is 24.3 Å². The third-order valence-electron chi connectivity index (χ3n) is 4.90. The Hall–Kier alpha value is -1.45. The summed E-state index contributed by atoms with van der Waals surface area (Å²) in [4.78, 5) is 22.7. The standard InChI is InChI=1S/C16H23N3O/c20-15(14-12-17-9-10-18-14)19-11-5-8-16(13-19)6-3-1-2-4-7-16/h9-10,12H,1-8,11,13H2. The number of aromatic nitrogens is 2. The largest absolute Gasteiger partial charge is 0.337 e. The highest BCUT2D eigenvalue weighted by Crippen LogP contribution is 2.42. The van der Waals surface area contributed by atoms with E-state index in [0.29, 0.717) is 11.1 Å². The molecular weight excluding hydrogens is 250 g/mol. The highest BCUT2D eigenvalue weighted by atomic mass is 16.2. The van der Waals surface area contributed by atoms with E-state index in [0.717, 1.165) is 19.5 Å². The number of piperidine rings is 1. The molecule has 3 rings (SSSR count). The second-order valence-corrected chi connectivity index (χ2v) is 6.34. The number of hydrogen-bond donors (Lipinski definition) is 0. The third kappa shape index (κ3) is 2.84. The number of rotatable bonds is 1. The lowest BCUT2D eigenvalue weighted by Crippen LogP contribution is -2.46. The summed E-state index contributed by atoms with van der Waals surface area (Å²) < 4.78 is 0. The molecule has 1 aliphatic heterocycles. The van der Waals surface area contributed by atoms with Crippen LogP contribution in [0.5, 0.6) is 0 Å². The fourth-order valence-electron chi connectivity index (χ4n) is 3.84. The lowest BCUT2D eigenvalue weighted by Gasteiger charge is -2.42. The molecule has 20 heavy (non-hydrogen) atoms. The highest BCUT2D eigenvalue weighted by molar-refractivity contribution is 5.92. The van der Waals surface area contributed by atoms with Crippen molar-refractivity contribution in [2.24, 2.45) is 5.41 Å². The first-order valence-corrected chi connectivity index (χ1v) is 7.84. The molecule has 1 spiro atoms. The van der Waals surface area contributed by atoms with Crippen molar-refractivity contribution in [1.82, 2.24) is 14.9 Å². The minimum Gasteiger partial charge on any atom is -0.337 e. The smallest absolute Gasteiger partial charge is 0.274 e. The minimum absolute atomic E-state index is 0.0569. The molecule has 0 aromatic carbocycles. The third-order valence-corrected chi connectivity index (χ3v) is 4.90. The van der Waals surface area contributed by atoms with Crippen LogP contribution < -0.4 is 0 Å². The summed E-state index contributed by atoms with van der Waals surface area (Å²) >= 11 is 0. The van der Waals surface area contributed by atoms with Crippen LogP contribution in [0.25, 0.3) is 0 Å². The van der Waals surface area contributed by atoms with Crippen LogP contribution in [0.1, 0.15) is 61.9 Å². The normalized spacial score (nSPS) is 22.5. The van der Waals surface area contributed by atoms with E-state index in [4.69, 9.17) is 0 Å². The lowest BCUT2D eigenvalue weighted by atomic mass is 9.74. The van der Waals surface area contributed by atoms with Gasteiger partial charge >= 0.3 is 0 Å². The number of nitrogens with zero attached hydrogens (tertiary/aromatic N) is 3. The highest BCUT2D eigenvalue weighted by Gasteiger charge is 2.37. The molecule has 1 saturated heterocycles. The van der Waals surface area contributed by atoms with Gasteiger partial charge in [-0.15, -0.1) is 0 Å². The zero-order valence-corrected chi connectivity index (χ0v) is 12.1. The fourth-order valence-corrected chi connectivity index (χ4v) is 3.84. The molecule has 0 unspecified atom stereocenters. The monoisotopic (exact) mass is 273 g/mol. The number of hydrogen-bond acceptors (Lipinski definition) is 3. The number of carbonyl (C=O) groups excluding carboxylic acids is 1. The molecule has 1 aliphatic carbocycles. The first-order chi connectivity index (χ1) is 9.79.